The molecule has 2 rings (SSSR count). The van der Waals surface area contributed by atoms with Gasteiger partial charge in [-0.3, -0.25) is 9.59 Å². The van der Waals surface area contributed by atoms with Crippen LogP contribution in [0.4, 0.5) is 5.69 Å². The van der Waals surface area contributed by atoms with E-state index in [4.69, 9.17) is 0 Å². The highest BCUT2D eigenvalue weighted by Gasteiger charge is 2.22. The Morgan fingerprint density at radius 2 is 1.92 bits per heavy atom. The molecule has 0 unspecified atom stereocenters. The highest BCUT2D eigenvalue weighted by atomic mass is 32.2. The molecular formula is C17H24N2O4S. The number of nitrogens with one attached hydrogen (secondary N) is 2. The van der Waals surface area contributed by atoms with Gasteiger partial charge in [-0.25, -0.2) is 8.42 Å². The molecule has 1 aromatic carbocycles. The monoisotopic (exact) mass is 352 g/mol. The van der Waals surface area contributed by atoms with Gasteiger partial charge in [0, 0.05) is 30.8 Å². The third-order valence-electron chi connectivity index (χ3n) is 4.11. The standard InChI is InChI=1S/C17H24N2O4S/c1-24(22,23)10-9-16(20)18-12-13-5-4-8-15(11-13)19-17(21)14-6-2-3-7-14/h4-5,8,11,14H,2-3,6-7,9-10,12H2,1H3,(H,18,20)(H,19,21). The summed E-state index contributed by atoms with van der Waals surface area (Å²) in [5.41, 5.74) is 1.57. The first kappa shape index (κ1) is 18.4. The lowest BCUT2D eigenvalue weighted by Crippen LogP contribution is -2.25. The van der Waals surface area contributed by atoms with E-state index in [0.717, 1.165) is 43.2 Å². The molecule has 1 saturated carbocycles. The molecular weight excluding hydrogens is 328 g/mol. The number of benzene rings is 1. The van der Waals surface area contributed by atoms with Crippen LogP contribution in [-0.2, 0) is 26.0 Å². The molecule has 0 saturated heterocycles. The van der Waals surface area contributed by atoms with Gasteiger partial charge in [-0.1, -0.05) is 25.0 Å². The van der Waals surface area contributed by atoms with E-state index in [9.17, 15) is 18.0 Å². The van der Waals surface area contributed by atoms with E-state index in [0.29, 0.717) is 6.54 Å². The van der Waals surface area contributed by atoms with Crippen LogP contribution in [0.1, 0.15) is 37.7 Å². The molecule has 0 bridgehead atoms. The van der Waals surface area contributed by atoms with Crippen LogP contribution in [0.2, 0.25) is 0 Å². The highest BCUT2D eigenvalue weighted by molar-refractivity contribution is 7.90. The molecule has 1 aromatic rings. The van der Waals surface area contributed by atoms with Crippen molar-refractivity contribution in [1.82, 2.24) is 5.32 Å². The van der Waals surface area contributed by atoms with Crippen molar-refractivity contribution in [3.8, 4) is 0 Å². The maximum Gasteiger partial charge on any atom is 0.227 e. The quantitative estimate of drug-likeness (QED) is 0.783. The Morgan fingerprint density at radius 3 is 2.58 bits per heavy atom. The lowest BCUT2D eigenvalue weighted by atomic mass is 10.1. The van der Waals surface area contributed by atoms with E-state index in [1.165, 1.54) is 0 Å². The van der Waals surface area contributed by atoms with Crippen LogP contribution in [0.25, 0.3) is 0 Å². The Hall–Kier alpha value is -1.89. The summed E-state index contributed by atoms with van der Waals surface area (Å²) in [5.74, 6) is -0.303. The summed E-state index contributed by atoms with van der Waals surface area (Å²) in [6.07, 6.45) is 5.17. The minimum Gasteiger partial charge on any atom is -0.352 e. The molecule has 6 nitrogen and oxygen atoms in total. The molecule has 132 valence electrons. The highest BCUT2D eigenvalue weighted by Crippen LogP contribution is 2.26. The minimum absolute atomic E-state index is 0.0447. The van der Waals surface area contributed by atoms with Crippen molar-refractivity contribution in [2.45, 2.75) is 38.6 Å². The summed E-state index contributed by atoms with van der Waals surface area (Å²) in [6.45, 7) is 0.301. The first-order chi connectivity index (χ1) is 11.3. The van der Waals surface area contributed by atoms with E-state index in [1.807, 2.05) is 24.3 Å². The van der Waals surface area contributed by atoms with E-state index >= 15 is 0 Å². The fourth-order valence-electron chi connectivity index (χ4n) is 2.76. The third kappa shape index (κ3) is 6.31. The van der Waals surface area contributed by atoms with Crippen molar-refractivity contribution in [2.24, 2.45) is 5.92 Å². The zero-order valence-electron chi connectivity index (χ0n) is 13.9. The molecule has 7 heteroatoms. The fraction of sp³-hybridized carbons (Fsp3) is 0.529. The molecule has 2 N–H and O–H groups in total. The number of carbonyl (C=O) groups excluding carboxylic acids is 2. The van der Waals surface area contributed by atoms with Gasteiger partial charge in [0.25, 0.3) is 0 Å². The van der Waals surface area contributed by atoms with Gasteiger partial charge < -0.3 is 10.6 Å². The Balaban J connectivity index is 1.83. The minimum atomic E-state index is -3.14. The second-order valence-corrected chi connectivity index (χ2v) is 8.59. The second kappa shape index (κ2) is 8.28. The van der Waals surface area contributed by atoms with Gasteiger partial charge in [0.15, 0.2) is 0 Å². The summed E-state index contributed by atoms with van der Waals surface area (Å²) in [6, 6.07) is 7.32. The molecule has 0 aromatic heterocycles. The average molecular weight is 352 g/mol. The predicted octanol–water partition coefficient (Wildman–Crippen LogP) is 1.87. The molecule has 0 radical (unpaired) electrons. The number of sulfone groups is 1. The number of hydrogen-bond donors (Lipinski definition) is 2. The van der Waals surface area contributed by atoms with Crippen molar-refractivity contribution < 1.29 is 18.0 Å². The van der Waals surface area contributed by atoms with Crippen LogP contribution in [0, 0.1) is 5.92 Å². The van der Waals surface area contributed by atoms with Gasteiger partial charge in [0.1, 0.15) is 9.84 Å². The molecule has 24 heavy (non-hydrogen) atoms. The number of amides is 2. The first-order valence-electron chi connectivity index (χ1n) is 8.18. The smallest absolute Gasteiger partial charge is 0.227 e. The fourth-order valence-corrected chi connectivity index (χ4v) is 3.31. The van der Waals surface area contributed by atoms with E-state index in [2.05, 4.69) is 10.6 Å². The summed E-state index contributed by atoms with van der Waals surface area (Å²) in [4.78, 5) is 23.8. The van der Waals surface area contributed by atoms with Crippen LogP contribution >= 0.6 is 0 Å². The summed E-state index contributed by atoms with van der Waals surface area (Å²) < 4.78 is 22.1. The Morgan fingerprint density at radius 1 is 1.21 bits per heavy atom. The average Bonchev–Trinajstić information content (AvgIpc) is 3.05. The lowest BCUT2D eigenvalue weighted by molar-refractivity contribution is -0.121. The maximum absolute atomic E-state index is 12.1. The van der Waals surface area contributed by atoms with Crippen LogP contribution in [0.5, 0.6) is 0 Å². The molecule has 1 aliphatic carbocycles. The van der Waals surface area contributed by atoms with Gasteiger partial charge in [-0.2, -0.15) is 0 Å². The Labute approximate surface area is 142 Å². The zero-order chi connectivity index (χ0) is 17.6. The second-order valence-electron chi connectivity index (χ2n) is 6.33. The van der Waals surface area contributed by atoms with Crippen LogP contribution < -0.4 is 10.6 Å². The topological polar surface area (TPSA) is 92.3 Å². The van der Waals surface area contributed by atoms with E-state index in [1.54, 1.807) is 0 Å². The van der Waals surface area contributed by atoms with Crippen molar-refractivity contribution >= 4 is 27.3 Å². The summed E-state index contributed by atoms with van der Waals surface area (Å²) in [5, 5.41) is 5.62. The van der Waals surface area contributed by atoms with Gasteiger partial charge in [-0.05, 0) is 30.5 Å². The van der Waals surface area contributed by atoms with Crippen molar-refractivity contribution in [1.29, 1.82) is 0 Å². The largest absolute Gasteiger partial charge is 0.352 e. The number of hydrogen-bond acceptors (Lipinski definition) is 4. The van der Waals surface area contributed by atoms with Crippen LogP contribution in [0.15, 0.2) is 24.3 Å². The Bertz CT molecular complexity index is 694. The summed E-state index contributed by atoms with van der Waals surface area (Å²) >= 11 is 0. The molecule has 1 fully saturated rings. The molecule has 0 heterocycles. The first-order valence-corrected chi connectivity index (χ1v) is 10.2. The van der Waals surface area contributed by atoms with E-state index < -0.39 is 9.84 Å². The van der Waals surface area contributed by atoms with Crippen LogP contribution in [0.3, 0.4) is 0 Å². The van der Waals surface area contributed by atoms with Gasteiger partial charge in [-0.15, -0.1) is 0 Å². The molecule has 1 aliphatic rings. The third-order valence-corrected chi connectivity index (χ3v) is 5.06. The van der Waals surface area contributed by atoms with Crippen LogP contribution in [-0.4, -0.2) is 32.2 Å². The van der Waals surface area contributed by atoms with Crippen molar-refractivity contribution in [3.05, 3.63) is 29.8 Å². The number of carbonyl (C=O) groups is 2. The lowest BCUT2D eigenvalue weighted by Gasteiger charge is -2.12. The van der Waals surface area contributed by atoms with Gasteiger partial charge in [0.2, 0.25) is 11.8 Å². The van der Waals surface area contributed by atoms with Gasteiger partial charge in [0.05, 0.1) is 5.75 Å². The predicted molar refractivity (Wildman–Crippen MR) is 93.2 cm³/mol. The molecule has 0 aliphatic heterocycles. The molecule has 2 amide bonds. The summed E-state index contributed by atoms with van der Waals surface area (Å²) in [7, 11) is -3.14. The molecule has 0 spiro atoms. The molecule has 0 atom stereocenters. The van der Waals surface area contributed by atoms with Crippen molar-refractivity contribution in [3.63, 3.8) is 0 Å². The SMILES string of the molecule is CS(=O)(=O)CCC(=O)NCc1cccc(NC(=O)C2CCCC2)c1. The Kier molecular flexibility index (Phi) is 6.36. The normalized spacial score (nSPS) is 15.2. The van der Waals surface area contributed by atoms with Gasteiger partial charge >= 0.3 is 0 Å². The van der Waals surface area contributed by atoms with Crippen molar-refractivity contribution in [2.75, 3.05) is 17.3 Å². The number of rotatable bonds is 7. The zero-order valence-corrected chi connectivity index (χ0v) is 14.7. The maximum atomic E-state index is 12.1. The number of anilines is 1. The van der Waals surface area contributed by atoms with E-state index in [-0.39, 0.29) is 29.9 Å².